The molecule has 32 heavy (non-hydrogen) atoms. The van der Waals surface area contributed by atoms with Gasteiger partial charge in [-0.25, -0.2) is 4.99 Å². The van der Waals surface area contributed by atoms with Gasteiger partial charge in [0.2, 0.25) is 5.91 Å². The van der Waals surface area contributed by atoms with E-state index in [2.05, 4.69) is 15.6 Å². The quantitative estimate of drug-likeness (QED) is 0.673. The van der Waals surface area contributed by atoms with Crippen LogP contribution in [0.3, 0.4) is 0 Å². The van der Waals surface area contributed by atoms with Gasteiger partial charge in [-0.05, 0) is 48.6 Å². The lowest BCUT2D eigenvalue weighted by Gasteiger charge is -2.37. The molecule has 0 saturated carbocycles. The van der Waals surface area contributed by atoms with Gasteiger partial charge < -0.3 is 16.4 Å². The monoisotopic (exact) mass is 433 g/mol. The van der Waals surface area contributed by atoms with E-state index in [1.807, 2.05) is 63.2 Å². The molecule has 1 unspecified atom stereocenters. The Morgan fingerprint density at radius 1 is 1.28 bits per heavy atom. The average Bonchev–Trinajstić information content (AvgIpc) is 2.76. The predicted molar refractivity (Wildman–Crippen MR) is 126 cm³/mol. The molecule has 2 heterocycles. The molecule has 2 aromatic carbocycles. The Labute approximate surface area is 189 Å². The smallest absolute Gasteiger partial charge is 0.251 e. The third-order valence-electron chi connectivity index (χ3n) is 6.62. The summed E-state index contributed by atoms with van der Waals surface area (Å²) in [6.45, 7) is 7.15. The van der Waals surface area contributed by atoms with Gasteiger partial charge in [-0.15, -0.1) is 0 Å². The molecule has 168 valence electrons. The van der Waals surface area contributed by atoms with Crippen LogP contribution in [0.15, 0.2) is 53.5 Å². The Morgan fingerprint density at radius 2 is 2.06 bits per heavy atom. The number of hydrogen-bond donors (Lipinski definition) is 3. The number of anilines is 1. The van der Waals surface area contributed by atoms with Gasteiger partial charge in [0.05, 0.1) is 24.5 Å². The summed E-state index contributed by atoms with van der Waals surface area (Å²) in [6.07, 6.45) is 1.15. The second-order valence-corrected chi connectivity index (χ2v) is 9.17. The Kier molecular flexibility index (Phi) is 5.91. The van der Waals surface area contributed by atoms with E-state index in [1.54, 1.807) is 6.07 Å². The van der Waals surface area contributed by atoms with Gasteiger partial charge in [-0.2, -0.15) is 0 Å². The molecular formula is C25H31N5O2. The van der Waals surface area contributed by atoms with Gasteiger partial charge in [-0.1, -0.05) is 44.2 Å². The molecule has 2 aromatic rings. The standard InChI is InChI=1S/C25H31N5O2/c1-16(2)25(3)14-22(31)30(24(26)29-25)15-17-7-6-8-18(13-17)23(32)28-21-11-12-27-20-10-5-4-9-19(20)21/h4-10,13,16,21,27H,11-12,14-15H2,1-3H3,(H2,26,29)(H,28,32)/t21?,25-/m0/s1. The highest BCUT2D eigenvalue weighted by Crippen LogP contribution is 2.31. The van der Waals surface area contributed by atoms with Gasteiger partial charge in [0.25, 0.3) is 5.91 Å². The molecule has 4 N–H and O–H groups in total. The molecule has 0 radical (unpaired) electrons. The van der Waals surface area contributed by atoms with Gasteiger partial charge >= 0.3 is 0 Å². The Bertz CT molecular complexity index is 1060. The molecular weight excluding hydrogens is 402 g/mol. The van der Waals surface area contributed by atoms with E-state index in [0.717, 1.165) is 29.8 Å². The normalized spacial score (nSPS) is 22.8. The maximum absolute atomic E-state index is 13.0. The Morgan fingerprint density at radius 3 is 2.81 bits per heavy atom. The van der Waals surface area contributed by atoms with E-state index in [1.165, 1.54) is 4.90 Å². The molecule has 0 aromatic heterocycles. The van der Waals surface area contributed by atoms with Crippen LogP contribution < -0.4 is 16.4 Å². The van der Waals surface area contributed by atoms with Crippen LogP contribution in [0.1, 0.15) is 61.1 Å². The number of nitrogens with one attached hydrogen (secondary N) is 2. The van der Waals surface area contributed by atoms with Gasteiger partial charge in [0.1, 0.15) is 0 Å². The first-order chi connectivity index (χ1) is 15.3. The SMILES string of the molecule is CC(C)[C@]1(C)CC(=O)N(Cc2cccc(C(=O)NC3CCNc4ccccc43)c2)C(N)=N1. The summed E-state index contributed by atoms with van der Waals surface area (Å²) in [5.74, 6) is 0.264. The van der Waals surface area contributed by atoms with Crippen LogP contribution in [0.4, 0.5) is 5.69 Å². The topological polar surface area (TPSA) is 99.8 Å². The lowest BCUT2D eigenvalue weighted by Crippen LogP contribution is -2.51. The van der Waals surface area contributed by atoms with Gasteiger partial charge in [0.15, 0.2) is 5.96 Å². The Hall–Kier alpha value is -3.35. The largest absolute Gasteiger partial charge is 0.385 e. The zero-order valence-corrected chi connectivity index (χ0v) is 18.9. The van der Waals surface area contributed by atoms with Crippen molar-refractivity contribution in [1.29, 1.82) is 0 Å². The number of amides is 2. The van der Waals surface area contributed by atoms with E-state index in [-0.39, 0.29) is 29.7 Å². The number of aliphatic imine (C=N–C) groups is 1. The van der Waals surface area contributed by atoms with Crippen molar-refractivity contribution >= 4 is 23.5 Å². The zero-order chi connectivity index (χ0) is 22.9. The summed E-state index contributed by atoms with van der Waals surface area (Å²) in [5, 5.41) is 6.52. The van der Waals surface area contributed by atoms with Crippen molar-refractivity contribution in [2.24, 2.45) is 16.6 Å². The first kappa shape index (κ1) is 21.9. The first-order valence-corrected chi connectivity index (χ1v) is 11.1. The molecule has 0 bridgehead atoms. The molecule has 2 aliphatic heterocycles. The van der Waals surface area contributed by atoms with Crippen molar-refractivity contribution < 1.29 is 9.59 Å². The minimum absolute atomic E-state index is 0.0382. The van der Waals surface area contributed by atoms with Crippen LogP contribution >= 0.6 is 0 Å². The predicted octanol–water partition coefficient (Wildman–Crippen LogP) is 3.44. The van der Waals surface area contributed by atoms with Crippen LogP contribution in [0, 0.1) is 5.92 Å². The zero-order valence-electron chi connectivity index (χ0n) is 18.9. The number of carbonyl (C=O) groups excluding carboxylic acids is 2. The molecule has 2 aliphatic rings. The molecule has 0 aliphatic carbocycles. The van der Waals surface area contributed by atoms with Crippen LogP contribution in [-0.4, -0.2) is 34.8 Å². The average molecular weight is 434 g/mol. The van der Waals surface area contributed by atoms with Crippen LogP contribution in [0.25, 0.3) is 0 Å². The number of nitrogens with two attached hydrogens (primary N) is 1. The molecule has 2 atom stereocenters. The van der Waals surface area contributed by atoms with Crippen molar-refractivity contribution in [1.82, 2.24) is 10.2 Å². The third kappa shape index (κ3) is 4.33. The van der Waals surface area contributed by atoms with Gasteiger partial charge in [0, 0.05) is 17.8 Å². The number of rotatable bonds is 5. The highest BCUT2D eigenvalue weighted by molar-refractivity contribution is 5.99. The molecule has 2 amide bonds. The number of nitrogens with zero attached hydrogens (tertiary/aromatic N) is 2. The molecule has 4 rings (SSSR count). The first-order valence-electron chi connectivity index (χ1n) is 11.1. The minimum atomic E-state index is -0.482. The molecule has 0 saturated heterocycles. The Balaban J connectivity index is 1.49. The van der Waals surface area contributed by atoms with Crippen LogP contribution in [0.2, 0.25) is 0 Å². The second-order valence-electron chi connectivity index (χ2n) is 9.17. The fraction of sp³-hybridized carbons (Fsp3) is 0.400. The number of fused-ring (bicyclic) bond motifs is 1. The highest BCUT2D eigenvalue weighted by atomic mass is 16.2. The fourth-order valence-corrected chi connectivity index (χ4v) is 4.25. The van der Waals surface area contributed by atoms with Crippen molar-refractivity contribution in [3.8, 4) is 0 Å². The highest BCUT2D eigenvalue weighted by Gasteiger charge is 2.38. The minimum Gasteiger partial charge on any atom is -0.385 e. The van der Waals surface area contributed by atoms with Crippen molar-refractivity contribution in [2.45, 2.75) is 51.7 Å². The lowest BCUT2D eigenvalue weighted by molar-refractivity contribution is -0.130. The molecule has 7 nitrogen and oxygen atoms in total. The lowest BCUT2D eigenvalue weighted by atomic mass is 9.84. The summed E-state index contributed by atoms with van der Waals surface area (Å²) in [6, 6.07) is 15.3. The summed E-state index contributed by atoms with van der Waals surface area (Å²) >= 11 is 0. The van der Waals surface area contributed by atoms with Crippen molar-refractivity contribution in [3.63, 3.8) is 0 Å². The summed E-state index contributed by atoms with van der Waals surface area (Å²) in [4.78, 5) is 31.9. The third-order valence-corrected chi connectivity index (χ3v) is 6.62. The number of para-hydroxylation sites is 1. The van der Waals surface area contributed by atoms with E-state index in [9.17, 15) is 9.59 Å². The molecule has 7 heteroatoms. The van der Waals surface area contributed by atoms with E-state index in [4.69, 9.17) is 5.73 Å². The summed E-state index contributed by atoms with van der Waals surface area (Å²) < 4.78 is 0. The maximum Gasteiger partial charge on any atom is 0.251 e. The van der Waals surface area contributed by atoms with E-state index < -0.39 is 5.54 Å². The molecule has 0 fully saturated rings. The van der Waals surface area contributed by atoms with Crippen molar-refractivity contribution in [3.05, 3.63) is 65.2 Å². The van der Waals surface area contributed by atoms with Crippen LogP contribution in [0.5, 0.6) is 0 Å². The van der Waals surface area contributed by atoms with Crippen LogP contribution in [-0.2, 0) is 11.3 Å². The fourth-order valence-electron chi connectivity index (χ4n) is 4.25. The van der Waals surface area contributed by atoms with Gasteiger partial charge in [-0.3, -0.25) is 14.5 Å². The summed E-state index contributed by atoms with van der Waals surface area (Å²) in [7, 11) is 0. The van der Waals surface area contributed by atoms with E-state index in [0.29, 0.717) is 18.5 Å². The number of guanidine groups is 1. The molecule has 0 spiro atoms. The van der Waals surface area contributed by atoms with E-state index >= 15 is 0 Å². The van der Waals surface area contributed by atoms with Crippen molar-refractivity contribution in [2.75, 3.05) is 11.9 Å². The number of hydrogen-bond acceptors (Lipinski definition) is 5. The number of carbonyl (C=O) groups is 2. The second kappa shape index (κ2) is 8.65. The maximum atomic E-state index is 13.0. The number of benzene rings is 2. The summed E-state index contributed by atoms with van der Waals surface area (Å²) in [5.41, 5.74) is 9.24.